The van der Waals surface area contributed by atoms with Gasteiger partial charge in [-0.1, -0.05) is 37.6 Å². The maximum absolute atomic E-state index is 12.5. The van der Waals surface area contributed by atoms with E-state index in [1.54, 1.807) is 13.1 Å². The number of amides is 2. The molecule has 2 amide bonds. The molecule has 1 aromatic rings. The van der Waals surface area contributed by atoms with E-state index >= 15 is 0 Å². The van der Waals surface area contributed by atoms with Crippen LogP contribution >= 0.6 is 35.6 Å². The molecule has 9 heteroatoms. The highest BCUT2D eigenvalue weighted by Crippen LogP contribution is 2.13. The van der Waals surface area contributed by atoms with Crippen LogP contribution in [0.4, 0.5) is 0 Å². The van der Waals surface area contributed by atoms with E-state index in [2.05, 4.69) is 20.5 Å². The minimum atomic E-state index is -0.0168. The zero-order valence-corrected chi connectivity index (χ0v) is 20.4. The van der Waals surface area contributed by atoms with Gasteiger partial charge in [-0.3, -0.25) is 14.6 Å². The molecule has 7 nitrogen and oxygen atoms in total. The molecule has 162 valence electrons. The van der Waals surface area contributed by atoms with Gasteiger partial charge in [0.1, 0.15) is 0 Å². The van der Waals surface area contributed by atoms with E-state index in [1.807, 2.05) is 36.9 Å². The minimum absolute atomic E-state index is 0. The molecule has 1 fully saturated rings. The van der Waals surface area contributed by atoms with Gasteiger partial charge in [0, 0.05) is 57.3 Å². The first-order valence-corrected chi connectivity index (χ1v) is 10.0. The molecule has 0 saturated carbocycles. The van der Waals surface area contributed by atoms with Crippen molar-refractivity contribution in [1.82, 2.24) is 20.4 Å². The largest absolute Gasteiger partial charge is 0.354 e. The molecule has 2 rings (SSSR count). The van der Waals surface area contributed by atoms with Gasteiger partial charge in [-0.15, -0.1) is 24.0 Å². The molecule has 1 aromatic carbocycles. The molecule has 0 radical (unpaired) electrons. The molecular weight excluding hydrogens is 505 g/mol. The lowest BCUT2D eigenvalue weighted by atomic mass is 10.1. The average molecular weight is 536 g/mol. The fourth-order valence-electron chi connectivity index (χ4n) is 3.00. The summed E-state index contributed by atoms with van der Waals surface area (Å²) in [5.74, 6) is 0.933. The van der Waals surface area contributed by atoms with E-state index in [9.17, 15) is 9.59 Å². The molecule has 0 aromatic heterocycles. The predicted octanol–water partition coefficient (Wildman–Crippen LogP) is 1.99. The minimum Gasteiger partial charge on any atom is -0.354 e. The second-order valence-corrected chi connectivity index (χ2v) is 7.53. The summed E-state index contributed by atoms with van der Waals surface area (Å²) >= 11 is 5.99. The Kier molecular flexibility index (Phi) is 11.3. The summed E-state index contributed by atoms with van der Waals surface area (Å²) in [6.07, 6.45) is 0.364. The van der Waals surface area contributed by atoms with Crippen LogP contribution in [-0.4, -0.2) is 73.9 Å². The van der Waals surface area contributed by atoms with Gasteiger partial charge in [0.2, 0.25) is 11.8 Å². The van der Waals surface area contributed by atoms with E-state index in [-0.39, 0.29) is 41.7 Å². The van der Waals surface area contributed by atoms with Crippen molar-refractivity contribution in [3.05, 3.63) is 34.9 Å². The number of carbonyl (C=O) groups excluding carboxylic acids is 2. The summed E-state index contributed by atoms with van der Waals surface area (Å²) in [7, 11) is 1.74. The number of nitrogens with one attached hydrogen (secondary N) is 2. The highest BCUT2D eigenvalue weighted by Gasteiger charge is 2.23. The first-order valence-electron chi connectivity index (χ1n) is 9.66. The number of nitrogens with zero attached hydrogens (tertiary/aromatic N) is 3. The summed E-state index contributed by atoms with van der Waals surface area (Å²) in [5, 5.41) is 6.79. The van der Waals surface area contributed by atoms with Gasteiger partial charge in [0.15, 0.2) is 5.96 Å². The number of guanidine groups is 1. The summed E-state index contributed by atoms with van der Waals surface area (Å²) in [5.41, 5.74) is 0.931. The molecule has 0 unspecified atom stereocenters. The fraction of sp³-hybridized carbons (Fsp3) is 0.550. The predicted molar refractivity (Wildman–Crippen MR) is 128 cm³/mol. The molecule has 1 saturated heterocycles. The zero-order chi connectivity index (χ0) is 20.5. The van der Waals surface area contributed by atoms with Crippen LogP contribution in [-0.2, 0) is 16.0 Å². The molecule has 1 heterocycles. The topological polar surface area (TPSA) is 77.0 Å². The summed E-state index contributed by atoms with van der Waals surface area (Å²) in [6, 6.07) is 7.42. The van der Waals surface area contributed by atoms with Crippen LogP contribution in [0.1, 0.15) is 19.4 Å². The molecule has 0 atom stereocenters. The highest BCUT2D eigenvalue weighted by molar-refractivity contribution is 14.0. The zero-order valence-electron chi connectivity index (χ0n) is 17.3. The van der Waals surface area contributed by atoms with Gasteiger partial charge >= 0.3 is 0 Å². The second-order valence-electron chi connectivity index (χ2n) is 7.09. The first kappa shape index (κ1) is 25.5. The van der Waals surface area contributed by atoms with Gasteiger partial charge in [0.25, 0.3) is 0 Å². The summed E-state index contributed by atoms with van der Waals surface area (Å²) in [6.45, 7) is 7.66. The van der Waals surface area contributed by atoms with E-state index in [1.165, 1.54) is 0 Å². The lowest BCUT2D eigenvalue weighted by Gasteiger charge is -2.36. The van der Waals surface area contributed by atoms with E-state index in [0.717, 1.165) is 24.6 Å². The Morgan fingerprint density at radius 1 is 1.10 bits per heavy atom. The van der Waals surface area contributed by atoms with Crippen molar-refractivity contribution in [2.75, 3.05) is 46.3 Å². The lowest BCUT2D eigenvalue weighted by molar-refractivity contribution is -0.131. The van der Waals surface area contributed by atoms with Crippen molar-refractivity contribution in [3.63, 3.8) is 0 Å². The van der Waals surface area contributed by atoms with Crippen LogP contribution in [0.2, 0.25) is 5.02 Å². The van der Waals surface area contributed by atoms with Gasteiger partial charge in [-0.2, -0.15) is 0 Å². The number of benzene rings is 1. The van der Waals surface area contributed by atoms with Gasteiger partial charge in [-0.25, -0.2) is 0 Å². The Balaban J connectivity index is 0.00000420. The maximum Gasteiger partial charge on any atom is 0.227 e. The van der Waals surface area contributed by atoms with Crippen LogP contribution in [0.5, 0.6) is 0 Å². The molecule has 1 aliphatic heterocycles. The van der Waals surface area contributed by atoms with Crippen molar-refractivity contribution in [3.8, 4) is 0 Å². The fourth-order valence-corrected chi connectivity index (χ4v) is 3.21. The van der Waals surface area contributed by atoms with Crippen LogP contribution in [0.15, 0.2) is 29.3 Å². The molecule has 0 spiro atoms. The van der Waals surface area contributed by atoms with Crippen molar-refractivity contribution in [2.45, 2.75) is 20.3 Å². The van der Waals surface area contributed by atoms with Crippen LogP contribution in [0, 0.1) is 5.92 Å². The monoisotopic (exact) mass is 535 g/mol. The molecule has 0 aliphatic carbocycles. The Labute approximate surface area is 195 Å². The Bertz CT molecular complexity index is 706. The van der Waals surface area contributed by atoms with Crippen LogP contribution in [0.25, 0.3) is 0 Å². The van der Waals surface area contributed by atoms with Crippen molar-refractivity contribution < 1.29 is 9.59 Å². The Morgan fingerprint density at radius 3 is 2.31 bits per heavy atom. The quantitative estimate of drug-likeness (QED) is 0.253. The average Bonchev–Trinajstić information content (AvgIpc) is 2.68. The number of aliphatic imine (C=N–C) groups is 1. The van der Waals surface area contributed by atoms with Crippen LogP contribution < -0.4 is 10.6 Å². The number of piperazine rings is 1. The SMILES string of the molecule is CN=C(NCCNC(=O)C(C)C)N1CCN(C(=O)Cc2cccc(Cl)c2)CC1.I. The maximum atomic E-state index is 12.5. The lowest BCUT2D eigenvalue weighted by Crippen LogP contribution is -2.54. The Morgan fingerprint density at radius 2 is 1.72 bits per heavy atom. The molecule has 1 aliphatic rings. The number of rotatable bonds is 6. The summed E-state index contributed by atoms with van der Waals surface area (Å²) < 4.78 is 0. The van der Waals surface area contributed by atoms with Crippen molar-refractivity contribution in [2.24, 2.45) is 10.9 Å². The molecule has 0 bridgehead atoms. The first-order chi connectivity index (χ1) is 13.4. The number of hydrogen-bond acceptors (Lipinski definition) is 3. The molecule has 29 heavy (non-hydrogen) atoms. The standard InChI is InChI=1S/C20H30ClN5O2.HI/c1-15(2)19(28)23-7-8-24-20(22-3)26-11-9-25(10-12-26)18(27)14-16-5-4-6-17(21)13-16;/h4-6,13,15H,7-12,14H2,1-3H3,(H,22,24)(H,23,28);1H. The normalized spacial score (nSPS) is 14.4. The summed E-state index contributed by atoms with van der Waals surface area (Å²) in [4.78, 5) is 32.4. The molecular formula is C20H31ClIN5O2. The third kappa shape index (κ3) is 8.38. The second kappa shape index (κ2) is 12.9. The number of carbonyl (C=O) groups is 2. The van der Waals surface area contributed by atoms with Crippen molar-refractivity contribution >= 4 is 53.4 Å². The number of hydrogen-bond donors (Lipinski definition) is 2. The van der Waals surface area contributed by atoms with Gasteiger partial charge in [-0.05, 0) is 17.7 Å². The van der Waals surface area contributed by atoms with E-state index < -0.39 is 0 Å². The smallest absolute Gasteiger partial charge is 0.227 e. The van der Waals surface area contributed by atoms with Gasteiger partial charge in [0.05, 0.1) is 6.42 Å². The van der Waals surface area contributed by atoms with Gasteiger partial charge < -0.3 is 20.4 Å². The number of halogens is 2. The third-order valence-corrected chi connectivity index (χ3v) is 4.85. The molecule has 2 N–H and O–H groups in total. The van der Waals surface area contributed by atoms with E-state index in [4.69, 9.17) is 11.6 Å². The third-order valence-electron chi connectivity index (χ3n) is 4.62. The highest BCUT2D eigenvalue weighted by atomic mass is 127. The van der Waals surface area contributed by atoms with E-state index in [0.29, 0.717) is 37.6 Å². The van der Waals surface area contributed by atoms with Crippen LogP contribution in [0.3, 0.4) is 0 Å². The van der Waals surface area contributed by atoms with Crippen molar-refractivity contribution in [1.29, 1.82) is 0 Å². The Hall–Kier alpha value is -1.55.